The van der Waals surface area contributed by atoms with Crippen LogP contribution in [0, 0.1) is 5.92 Å². The van der Waals surface area contributed by atoms with Crippen LogP contribution in [0.1, 0.15) is 39.0 Å². The highest BCUT2D eigenvalue weighted by Crippen LogP contribution is 2.33. The van der Waals surface area contributed by atoms with E-state index in [9.17, 15) is 0 Å². The third-order valence-corrected chi connectivity index (χ3v) is 4.59. The second-order valence-electron chi connectivity index (χ2n) is 5.87. The first-order valence-electron chi connectivity index (χ1n) is 6.81. The molecular formula is C13H24N2. The first kappa shape index (κ1) is 10.1. The maximum Gasteiger partial charge on any atom is 0.0224 e. The quantitative estimate of drug-likeness (QED) is 0.699. The first-order valence-corrected chi connectivity index (χ1v) is 6.81. The second kappa shape index (κ2) is 4.06. The minimum atomic E-state index is 0.804. The SMILES string of the molecule is CC1CN2CCCC2CN1CCC1CC1. The molecule has 0 bridgehead atoms. The summed E-state index contributed by atoms with van der Waals surface area (Å²) in [7, 11) is 0. The molecule has 0 aromatic heterocycles. The first-order chi connectivity index (χ1) is 7.33. The summed E-state index contributed by atoms with van der Waals surface area (Å²) in [6.07, 6.45) is 7.38. The average Bonchev–Trinajstić information content (AvgIpc) is 2.94. The van der Waals surface area contributed by atoms with Crippen LogP contribution in [0.3, 0.4) is 0 Å². The smallest absolute Gasteiger partial charge is 0.0224 e. The highest BCUT2D eigenvalue weighted by atomic mass is 15.3. The fourth-order valence-corrected chi connectivity index (χ4v) is 3.31. The van der Waals surface area contributed by atoms with E-state index in [0.717, 1.165) is 18.0 Å². The van der Waals surface area contributed by atoms with Crippen LogP contribution in [0.15, 0.2) is 0 Å². The Morgan fingerprint density at radius 1 is 1.13 bits per heavy atom. The molecule has 0 radical (unpaired) electrons. The van der Waals surface area contributed by atoms with Crippen molar-refractivity contribution in [2.24, 2.45) is 5.92 Å². The lowest BCUT2D eigenvalue weighted by Crippen LogP contribution is -2.55. The van der Waals surface area contributed by atoms with Crippen LogP contribution in [0.2, 0.25) is 0 Å². The normalized spacial score (nSPS) is 38.2. The summed E-state index contributed by atoms with van der Waals surface area (Å²) in [5, 5.41) is 0. The van der Waals surface area contributed by atoms with Gasteiger partial charge in [0.2, 0.25) is 0 Å². The van der Waals surface area contributed by atoms with E-state index in [1.54, 1.807) is 0 Å². The van der Waals surface area contributed by atoms with Gasteiger partial charge in [-0.1, -0.05) is 12.8 Å². The van der Waals surface area contributed by atoms with Crippen molar-refractivity contribution in [2.75, 3.05) is 26.2 Å². The Kier molecular flexibility index (Phi) is 2.73. The number of piperazine rings is 1. The maximum absolute atomic E-state index is 2.75. The van der Waals surface area contributed by atoms with Gasteiger partial charge in [-0.25, -0.2) is 0 Å². The van der Waals surface area contributed by atoms with Crippen molar-refractivity contribution >= 4 is 0 Å². The predicted molar refractivity (Wildman–Crippen MR) is 63.0 cm³/mol. The van der Waals surface area contributed by atoms with E-state index >= 15 is 0 Å². The zero-order chi connectivity index (χ0) is 10.3. The van der Waals surface area contributed by atoms with Crippen LogP contribution in [0.4, 0.5) is 0 Å². The predicted octanol–water partition coefficient (Wildman–Crippen LogP) is 1.95. The zero-order valence-corrected chi connectivity index (χ0v) is 9.99. The summed E-state index contributed by atoms with van der Waals surface area (Å²) >= 11 is 0. The topological polar surface area (TPSA) is 6.48 Å². The van der Waals surface area contributed by atoms with E-state index in [1.807, 2.05) is 0 Å². The molecule has 86 valence electrons. The van der Waals surface area contributed by atoms with Gasteiger partial charge < -0.3 is 0 Å². The molecule has 0 aromatic rings. The van der Waals surface area contributed by atoms with Gasteiger partial charge in [-0.15, -0.1) is 0 Å². The second-order valence-corrected chi connectivity index (χ2v) is 5.87. The van der Waals surface area contributed by atoms with Crippen LogP contribution in [-0.2, 0) is 0 Å². The molecule has 2 aliphatic heterocycles. The molecule has 0 spiro atoms. The molecule has 1 aliphatic carbocycles. The van der Waals surface area contributed by atoms with Gasteiger partial charge in [0.1, 0.15) is 0 Å². The largest absolute Gasteiger partial charge is 0.298 e. The number of nitrogens with zero attached hydrogens (tertiary/aromatic N) is 2. The van der Waals surface area contributed by atoms with Gasteiger partial charge in [0, 0.05) is 25.2 Å². The van der Waals surface area contributed by atoms with Crippen molar-refractivity contribution in [3.8, 4) is 0 Å². The monoisotopic (exact) mass is 208 g/mol. The van der Waals surface area contributed by atoms with E-state index < -0.39 is 0 Å². The number of fused-ring (bicyclic) bond motifs is 1. The van der Waals surface area contributed by atoms with Gasteiger partial charge in [0.05, 0.1) is 0 Å². The van der Waals surface area contributed by atoms with Gasteiger partial charge in [-0.2, -0.15) is 0 Å². The van der Waals surface area contributed by atoms with E-state index in [-0.39, 0.29) is 0 Å². The van der Waals surface area contributed by atoms with Crippen LogP contribution >= 0.6 is 0 Å². The molecule has 2 atom stereocenters. The van der Waals surface area contributed by atoms with Gasteiger partial charge in [0.15, 0.2) is 0 Å². The molecule has 3 aliphatic rings. The summed E-state index contributed by atoms with van der Waals surface area (Å²) in [4.78, 5) is 5.48. The minimum Gasteiger partial charge on any atom is -0.298 e. The molecule has 2 nitrogen and oxygen atoms in total. The van der Waals surface area contributed by atoms with Crippen molar-refractivity contribution in [3.63, 3.8) is 0 Å². The van der Waals surface area contributed by atoms with Gasteiger partial charge >= 0.3 is 0 Å². The minimum absolute atomic E-state index is 0.804. The van der Waals surface area contributed by atoms with E-state index in [4.69, 9.17) is 0 Å². The van der Waals surface area contributed by atoms with Crippen molar-refractivity contribution < 1.29 is 0 Å². The molecule has 0 amide bonds. The third kappa shape index (κ3) is 2.21. The van der Waals surface area contributed by atoms with Crippen LogP contribution < -0.4 is 0 Å². The standard InChI is InChI=1S/C13H24N2/c1-11-9-15-7-2-3-13(15)10-14(11)8-6-12-4-5-12/h11-13H,2-10H2,1H3. The van der Waals surface area contributed by atoms with Crippen LogP contribution in [0.5, 0.6) is 0 Å². The summed E-state index contributed by atoms with van der Waals surface area (Å²) in [5.74, 6) is 1.10. The number of hydrogen-bond donors (Lipinski definition) is 0. The van der Waals surface area contributed by atoms with Gasteiger partial charge in [0.25, 0.3) is 0 Å². The maximum atomic E-state index is 2.75. The Morgan fingerprint density at radius 2 is 2.00 bits per heavy atom. The average molecular weight is 208 g/mol. The zero-order valence-electron chi connectivity index (χ0n) is 9.99. The van der Waals surface area contributed by atoms with Gasteiger partial charge in [-0.3, -0.25) is 9.80 Å². The molecule has 0 aromatic carbocycles. The lowest BCUT2D eigenvalue weighted by molar-refractivity contribution is 0.0578. The van der Waals surface area contributed by atoms with E-state index in [2.05, 4.69) is 16.7 Å². The molecule has 1 saturated carbocycles. The van der Waals surface area contributed by atoms with Crippen LogP contribution in [0.25, 0.3) is 0 Å². The molecule has 0 N–H and O–H groups in total. The lowest BCUT2D eigenvalue weighted by Gasteiger charge is -2.42. The molecule has 2 saturated heterocycles. The van der Waals surface area contributed by atoms with E-state index in [1.165, 1.54) is 58.3 Å². The Bertz CT molecular complexity index is 225. The third-order valence-electron chi connectivity index (χ3n) is 4.59. The highest BCUT2D eigenvalue weighted by molar-refractivity contribution is 4.91. The Labute approximate surface area is 93.6 Å². The molecule has 2 heteroatoms. The summed E-state index contributed by atoms with van der Waals surface area (Å²) < 4.78 is 0. The Morgan fingerprint density at radius 3 is 2.80 bits per heavy atom. The summed E-state index contributed by atoms with van der Waals surface area (Å²) in [6.45, 7) is 7.84. The molecule has 2 unspecified atom stereocenters. The van der Waals surface area contributed by atoms with Crippen molar-refractivity contribution in [1.82, 2.24) is 9.80 Å². The number of hydrogen-bond acceptors (Lipinski definition) is 2. The highest BCUT2D eigenvalue weighted by Gasteiger charge is 2.34. The summed E-state index contributed by atoms with van der Waals surface area (Å²) in [5.41, 5.74) is 0. The van der Waals surface area contributed by atoms with Crippen molar-refractivity contribution in [2.45, 2.75) is 51.1 Å². The summed E-state index contributed by atoms with van der Waals surface area (Å²) in [6, 6.07) is 1.71. The Balaban J connectivity index is 1.53. The van der Waals surface area contributed by atoms with Gasteiger partial charge in [-0.05, 0) is 45.2 Å². The van der Waals surface area contributed by atoms with E-state index in [0.29, 0.717) is 0 Å². The molecule has 3 rings (SSSR count). The fraction of sp³-hybridized carbons (Fsp3) is 1.00. The molecule has 2 heterocycles. The lowest BCUT2D eigenvalue weighted by atomic mass is 10.1. The van der Waals surface area contributed by atoms with Crippen LogP contribution in [-0.4, -0.2) is 48.1 Å². The number of rotatable bonds is 3. The molecular weight excluding hydrogens is 184 g/mol. The van der Waals surface area contributed by atoms with Crippen molar-refractivity contribution in [1.29, 1.82) is 0 Å². The molecule has 3 fully saturated rings. The molecule has 15 heavy (non-hydrogen) atoms. The van der Waals surface area contributed by atoms with Crippen molar-refractivity contribution in [3.05, 3.63) is 0 Å². The fourth-order valence-electron chi connectivity index (χ4n) is 3.31. The Hall–Kier alpha value is -0.0800.